The predicted octanol–water partition coefficient (Wildman–Crippen LogP) is 3.28. The van der Waals surface area contributed by atoms with E-state index in [4.69, 9.17) is 4.74 Å². The van der Waals surface area contributed by atoms with Crippen LogP contribution in [-0.2, 0) is 0 Å². The first-order valence-electron chi connectivity index (χ1n) is 6.06. The Morgan fingerprint density at radius 3 is 2.53 bits per heavy atom. The van der Waals surface area contributed by atoms with Crippen molar-refractivity contribution in [1.29, 1.82) is 0 Å². The number of benzene rings is 1. The van der Waals surface area contributed by atoms with Crippen molar-refractivity contribution in [2.45, 2.75) is 25.3 Å². The van der Waals surface area contributed by atoms with Crippen molar-refractivity contribution in [3.63, 3.8) is 0 Å². The first kappa shape index (κ1) is 10.4. The van der Waals surface area contributed by atoms with Gasteiger partial charge in [0.1, 0.15) is 5.75 Å². The molecule has 0 unspecified atom stereocenters. The van der Waals surface area contributed by atoms with E-state index in [1.165, 1.54) is 30.5 Å². The molecular weight excluding hydrogens is 212 g/mol. The second-order valence-electron chi connectivity index (χ2n) is 4.47. The molecule has 3 nitrogen and oxygen atoms in total. The molecule has 0 aliphatic heterocycles. The molecule has 88 valence electrons. The normalized spacial score (nSPS) is 15.6. The van der Waals surface area contributed by atoms with Gasteiger partial charge < -0.3 is 4.74 Å². The fourth-order valence-corrected chi connectivity index (χ4v) is 2.23. The van der Waals surface area contributed by atoms with E-state index >= 15 is 0 Å². The molecule has 1 heterocycles. The van der Waals surface area contributed by atoms with Crippen LogP contribution >= 0.6 is 0 Å². The highest BCUT2D eigenvalue weighted by Gasteiger charge is 2.22. The largest absolute Gasteiger partial charge is 0.497 e. The van der Waals surface area contributed by atoms with Crippen molar-refractivity contribution in [3.8, 4) is 17.0 Å². The molecule has 0 spiro atoms. The molecular formula is C14H16N2O. The number of methoxy groups -OCH3 is 1. The van der Waals surface area contributed by atoms with E-state index in [0.717, 1.165) is 5.75 Å². The van der Waals surface area contributed by atoms with Gasteiger partial charge >= 0.3 is 0 Å². The maximum atomic E-state index is 5.17. The Hall–Kier alpha value is -1.77. The lowest BCUT2D eigenvalue weighted by atomic mass is 9.93. The van der Waals surface area contributed by atoms with E-state index in [2.05, 4.69) is 28.0 Å². The molecule has 1 saturated carbocycles. The SMILES string of the molecule is COc1ccc(-c2ccnn2C2CCC2)cc1. The molecule has 17 heavy (non-hydrogen) atoms. The van der Waals surface area contributed by atoms with Gasteiger partial charge in [0.25, 0.3) is 0 Å². The minimum absolute atomic E-state index is 0.599. The van der Waals surface area contributed by atoms with Gasteiger partial charge in [0, 0.05) is 11.8 Å². The molecule has 3 heteroatoms. The van der Waals surface area contributed by atoms with Gasteiger partial charge in [-0.2, -0.15) is 5.10 Å². The van der Waals surface area contributed by atoms with Gasteiger partial charge in [0.15, 0.2) is 0 Å². The van der Waals surface area contributed by atoms with Crippen LogP contribution in [0.4, 0.5) is 0 Å². The zero-order chi connectivity index (χ0) is 11.7. The Labute approximate surface area is 101 Å². The average Bonchev–Trinajstić information content (AvgIpc) is 2.76. The molecule has 1 fully saturated rings. The Bertz CT molecular complexity index is 497. The number of aromatic nitrogens is 2. The smallest absolute Gasteiger partial charge is 0.118 e. The van der Waals surface area contributed by atoms with E-state index in [1.54, 1.807) is 7.11 Å². The topological polar surface area (TPSA) is 27.1 Å². The maximum Gasteiger partial charge on any atom is 0.118 e. The lowest BCUT2D eigenvalue weighted by molar-refractivity contribution is 0.292. The zero-order valence-electron chi connectivity index (χ0n) is 9.97. The molecule has 0 atom stereocenters. The molecule has 0 saturated heterocycles. The average molecular weight is 228 g/mol. The summed E-state index contributed by atoms with van der Waals surface area (Å²) in [6.45, 7) is 0. The highest BCUT2D eigenvalue weighted by Crippen LogP contribution is 2.34. The number of hydrogen-bond acceptors (Lipinski definition) is 2. The third-order valence-electron chi connectivity index (χ3n) is 3.48. The van der Waals surface area contributed by atoms with Gasteiger partial charge in [-0.15, -0.1) is 0 Å². The summed E-state index contributed by atoms with van der Waals surface area (Å²) in [6, 6.07) is 10.8. The summed E-state index contributed by atoms with van der Waals surface area (Å²) >= 11 is 0. The highest BCUT2D eigenvalue weighted by atomic mass is 16.5. The molecule has 2 aromatic rings. The Kier molecular flexibility index (Phi) is 2.59. The molecule has 1 aliphatic carbocycles. The van der Waals surface area contributed by atoms with Crippen molar-refractivity contribution in [3.05, 3.63) is 36.5 Å². The lowest BCUT2D eigenvalue weighted by Crippen LogP contribution is -2.18. The standard InChI is InChI=1S/C14H16N2O/c1-17-13-7-5-11(6-8-13)14-9-10-15-16(14)12-3-2-4-12/h5-10,12H,2-4H2,1H3. The van der Waals surface area contributed by atoms with Crippen molar-refractivity contribution >= 4 is 0 Å². The van der Waals surface area contributed by atoms with Crippen LogP contribution in [0.1, 0.15) is 25.3 Å². The Balaban J connectivity index is 1.94. The van der Waals surface area contributed by atoms with Crippen LogP contribution in [0.3, 0.4) is 0 Å². The second-order valence-corrected chi connectivity index (χ2v) is 4.47. The third kappa shape index (κ3) is 1.82. The monoisotopic (exact) mass is 228 g/mol. The van der Waals surface area contributed by atoms with Crippen LogP contribution in [0.25, 0.3) is 11.3 Å². The minimum Gasteiger partial charge on any atom is -0.497 e. The summed E-state index contributed by atoms with van der Waals surface area (Å²) in [4.78, 5) is 0. The van der Waals surface area contributed by atoms with Gasteiger partial charge in [0.05, 0.1) is 18.8 Å². The maximum absolute atomic E-state index is 5.17. The van der Waals surface area contributed by atoms with Crippen LogP contribution in [-0.4, -0.2) is 16.9 Å². The first-order valence-corrected chi connectivity index (χ1v) is 6.06. The van der Waals surface area contributed by atoms with Crippen LogP contribution in [0.2, 0.25) is 0 Å². The molecule has 0 amide bonds. The molecule has 0 bridgehead atoms. The van der Waals surface area contributed by atoms with Crippen LogP contribution in [0, 0.1) is 0 Å². The van der Waals surface area contributed by atoms with Crippen LogP contribution < -0.4 is 4.74 Å². The Morgan fingerprint density at radius 1 is 1.18 bits per heavy atom. The number of rotatable bonds is 3. The number of ether oxygens (including phenoxy) is 1. The summed E-state index contributed by atoms with van der Waals surface area (Å²) in [7, 11) is 1.69. The predicted molar refractivity (Wildman–Crippen MR) is 67.1 cm³/mol. The molecule has 1 aromatic carbocycles. The van der Waals surface area contributed by atoms with Gasteiger partial charge in [-0.1, -0.05) is 0 Å². The quantitative estimate of drug-likeness (QED) is 0.806. The number of nitrogens with zero attached hydrogens (tertiary/aromatic N) is 2. The summed E-state index contributed by atoms with van der Waals surface area (Å²) in [5.74, 6) is 0.892. The summed E-state index contributed by atoms with van der Waals surface area (Å²) < 4.78 is 7.33. The van der Waals surface area contributed by atoms with Crippen molar-refractivity contribution in [2.24, 2.45) is 0 Å². The minimum atomic E-state index is 0.599. The van der Waals surface area contributed by atoms with E-state index in [1.807, 2.05) is 18.3 Å². The summed E-state index contributed by atoms with van der Waals surface area (Å²) in [6.07, 6.45) is 5.72. The van der Waals surface area contributed by atoms with Crippen molar-refractivity contribution in [2.75, 3.05) is 7.11 Å². The van der Waals surface area contributed by atoms with Gasteiger partial charge in [-0.25, -0.2) is 0 Å². The second kappa shape index (κ2) is 4.24. The first-order chi connectivity index (χ1) is 8.38. The van der Waals surface area contributed by atoms with Gasteiger partial charge in [-0.3, -0.25) is 4.68 Å². The van der Waals surface area contributed by atoms with Crippen molar-refractivity contribution < 1.29 is 4.74 Å². The van der Waals surface area contributed by atoms with E-state index in [0.29, 0.717) is 6.04 Å². The van der Waals surface area contributed by atoms with E-state index < -0.39 is 0 Å². The van der Waals surface area contributed by atoms with Gasteiger partial charge in [-0.05, 0) is 49.6 Å². The molecule has 3 rings (SSSR count). The van der Waals surface area contributed by atoms with Crippen molar-refractivity contribution in [1.82, 2.24) is 9.78 Å². The van der Waals surface area contributed by atoms with Gasteiger partial charge in [0.2, 0.25) is 0 Å². The van der Waals surface area contributed by atoms with E-state index in [9.17, 15) is 0 Å². The van der Waals surface area contributed by atoms with Crippen LogP contribution in [0.5, 0.6) is 5.75 Å². The molecule has 1 aliphatic rings. The summed E-state index contributed by atoms with van der Waals surface area (Å²) in [5, 5.41) is 4.44. The number of hydrogen-bond donors (Lipinski definition) is 0. The molecule has 0 N–H and O–H groups in total. The Morgan fingerprint density at radius 2 is 1.94 bits per heavy atom. The highest BCUT2D eigenvalue weighted by molar-refractivity contribution is 5.60. The lowest BCUT2D eigenvalue weighted by Gasteiger charge is -2.27. The van der Waals surface area contributed by atoms with Crippen LogP contribution in [0.15, 0.2) is 36.5 Å². The fourth-order valence-electron chi connectivity index (χ4n) is 2.23. The molecule has 1 aromatic heterocycles. The summed E-state index contributed by atoms with van der Waals surface area (Å²) in [5.41, 5.74) is 2.41. The third-order valence-corrected chi connectivity index (χ3v) is 3.48. The molecule has 0 radical (unpaired) electrons. The van der Waals surface area contributed by atoms with E-state index in [-0.39, 0.29) is 0 Å². The zero-order valence-corrected chi connectivity index (χ0v) is 9.97. The fraction of sp³-hybridized carbons (Fsp3) is 0.357.